The fourth-order valence-electron chi connectivity index (χ4n) is 1.98. The van der Waals surface area contributed by atoms with E-state index >= 15 is 0 Å². The normalized spacial score (nSPS) is 10.2. The predicted molar refractivity (Wildman–Crippen MR) is 94.5 cm³/mol. The van der Waals surface area contributed by atoms with E-state index in [9.17, 15) is 10.1 Å². The van der Waals surface area contributed by atoms with Crippen molar-refractivity contribution in [1.29, 1.82) is 5.26 Å². The van der Waals surface area contributed by atoms with Gasteiger partial charge in [-0.3, -0.25) is 15.1 Å². The van der Waals surface area contributed by atoms with Gasteiger partial charge in [-0.1, -0.05) is 40.6 Å². The molecule has 0 unspecified atom stereocenters. The summed E-state index contributed by atoms with van der Waals surface area (Å²) in [6.45, 7) is 0. The van der Waals surface area contributed by atoms with E-state index in [0.717, 1.165) is 11.3 Å². The fraction of sp³-hybridized carbons (Fsp3) is 0. The van der Waals surface area contributed by atoms with Gasteiger partial charge in [0.2, 0.25) is 0 Å². The van der Waals surface area contributed by atoms with Crippen LogP contribution in [-0.2, 0) is 0 Å². The highest BCUT2D eigenvalue weighted by molar-refractivity contribution is 7.16. The Balaban J connectivity index is 1.90. The van der Waals surface area contributed by atoms with Crippen LogP contribution in [0.2, 0.25) is 10.0 Å². The van der Waals surface area contributed by atoms with Gasteiger partial charge in [0.05, 0.1) is 5.69 Å². The van der Waals surface area contributed by atoms with Crippen LogP contribution in [-0.4, -0.2) is 15.9 Å². The van der Waals surface area contributed by atoms with Gasteiger partial charge in [0.25, 0.3) is 5.91 Å². The molecule has 0 bridgehead atoms. The maximum atomic E-state index is 12.3. The number of thiazole rings is 1. The molecule has 0 fully saturated rings. The molecule has 1 aromatic carbocycles. The van der Waals surface area contributed by atoms with Gasteiger partial charge in [0, 0.05) is 21.8 Å². The number of hydrogen-bond donors (Lipinski definition) is 1. The third-order valence-corrected chi connectivity index (χ3v) is 4.29. The first-order chi connectivity index (χ1) is 11.6. The number of rotatable bonds is 3. The Hall–Kier alpha value is -2.46. The molecule has 24 heavy (non-hydrogen) atoms. The van der Waals surface area contributed by atoms with Crippen LogP contribution in [0.1, 0.15) is 15.2 Å². The quantitative estimate of drug-likeness (QED) is 0.724. The maximum absolute atomic E-state index is 12.3. The number of anilines is 1. The number of amides is 1. The first kappa shape index (κ1) is 16.4. The van der Waals surface area contributed by atoms with Gasteiger partial charge in [-0.2, -0.15) is 5.26 Å². The molecule has 0 spiro atoms. The number of nitriles is 1. The number of nitrogens with zero attached hydrogens (tertiary/aromatic N) is 3. The summed E-state index contributed by atoms with van der Waals surface area (Å²) in [6.07, 6.45) is 1.61. The fourth-order valence-corrected chi connectivity index (χ4v) is 3.27. The van der Waals surface area contributed by atoms with Crippen molar-refractivity contribution < 1.29 is 4.79 Å². The molecule has 0 radical (unpaired) electrons. The molecule has 2 aromatic heterocycles. The van der Waals surface area contributed by atoms with Crippen LogP contribution in [0.5, 0.6) is 0 Å². The van der Waals surface area contributed by atoms with E-state index in [1.165, 1.54) is 18.2 Å². The second-order valence-corrected chi connectivity index (χ2v) is 6.51. The number of nitrogens with one attached hydrogen (secondary N) is 1. The van der Waals surface area contributed by atoms with E-state index in [1.54, 1.807) is 24.4 Å². The highest BCUT2D eigenvalue weighted by Gasteiger charge is 2.16. The Morgan fingerprint density at radius 2 is 1.96 bits per heavy atom. The van der Waals surface area contributed by atoms with Crippen molar-refractivity contribution in [2.45, 2.75) is 0 Å². The minimum absolute atomic E-state index is 0.299. The van der Waals surface area contributed by atoms with Crippen molar-refractivity contribution in [1.82, 2.24) is 9.97 Å². The average molecular weight is 375 g/mol. The zero-order valence-electron chi connectivity index (χ0n) is 12.0. The molecule has 2 heterocycles. The van der Waals surface area contributed by atoms with Gasteiger partial charge >= 0.3 is 0 Å². The van der Waals surface area contributed by atoms with Crippen LogP contribution < -0.4 is 5.32 Å². The van der Waals surface area contributed by atoms with Crippen LogP contribution in [0.3, 0.4) is 0 Å². The Labute approximate surface area is 151 Å². The summed E-state index contributed by atoms with van der Waals surface area (Å²) in [4.78, 5) is 21.1. The van der Waals surface area contributed by atoms with Gasteiger partial charge in [-0.05, 0) is 30.3 Å². The van der Waals surface area contributed by atoms with Crippen LogP contribution in [0.4, 0.5) is 5.13 Å². The monoisotopic (exact) mass is 374 g/mol. The molecule has 1 amide bonds. The molecule has 0 saturated heterocycles. The molecule has 5 nitrogen and oxygen atoms in total. The van der Waals surface area contributed by atoms with Crippen LogP contribution >= 0.6 is 34.5 Å². The third-order valence-electron chi connectivity index (χ3n) is 2.98. The maximum Gasteiger partial charge on any atom is 0.257 e. The molecule has 0 aliphatic rings. The minimum atomic E-state index is -0.412. The van der Waals surface area contributed by atoms with Crippen molar-refractivity contribution >= 4 is 45.6 Å². The lowest BCUT2D eigenvalue weighted by Gasteiger charge is -2.03. The van der Waals surface area contributed by atoms with Gasteiger partial charge in [0.1, 0.15) is 16.6 Å². The summed E-state index contributed by atoms with van der Waals surface area (Å²) < 4.78 is 0. The Morgan fingerprint density at radius 3 is 2.58 bits per heavy atom. The van der Waals surface area contributed by atoms with Gasteiger partial charge in [-0.25, -0.2) is 4.98 Å². The number of halogens is 2. The molecular formula is C16H8Cl2N4OS. The Bertz CT molecular complexity index is 930. The topological polar surface area (TPSA) is 78.7 Å². The van der Waals surface area contributed by atoms with Crippen LogP contribution in [0, 0.1) is 11.3 Å². The molecular weight excluding hydrogens is 367 g/mol. The summed E-state index contributed by atoms with van der Waals surface area (Å²) in [6, 6.07) is 11.9. The standard InChI is InChI=1S/C16H8Cl2N4OS/c17-10-5-9(6-11(18)7-10)15(23)22-16-21-14(13(8-19)24-16)12-3-1-2-4-20-12/h1-7H,(H,21,22,23). The smallest absolute Gasteiger partial charge is 0.257 e. The second-order valence-electron chi connectivity index (χ2n) is 4.64. The van der Waals surface area contributed by atoms with Crippen molar-refractivity contribution in [2.24, 2.45) is 0 Å². The van der Waals surface area contributed by atoms with Gasteiger partial charge < -0.3 is 0 Å². The van der Waals surface area contributed by atoms with Crippen LogP contribution in [0.15, 0.2) is 42.6 Å². The lowest BCUT2D eigenvalue weighted by Crippen LogP contribution is -2.11. The molecule has 3 rings (SSSR count). The highest BCUT2D eigenvalue weighted by atomic mass is 35.5. The number of benzene rings is 1. The summed E-state index contributed by atoms with van der Waals surface area (Å²) in [5.41, 5.74) is 1.31. The molecule has 0 atom stereocenters. The zero-order chi connectivity index (χ0) is 17.1. The first-order valence-electron chi connectivity index (χ1n) is 6.66. The Morgan fingerprint density at radius 1 is 1.21 bits per heavy atom. The molecule has 3 aromatic rings. The SMILES string of the molecule is N#Cc1sc(NC(=O)c2cc(Cl)cc(Cl)c2)nc1-c1ccccn1. The second kappa shape index (κ2) is 6.97. The van der Waals surface area contributed by atoms with Gasteiger partial charge in [-0.15, -0.1) is 0 Å². The number of hydrogen-bond acceptors (Lipinski definition) is 5. The summed E-state index contributed by atoms with van der Waals surface area (Å²) >= 11 is 12.9. The number of carbonyl (C=O) groups is 1. The third kappa shape index (κ3) is 3.54. The van der Waals surface area contributed by atoms with E-state index in [-0.39, 0.29) is 0 Å². The Kier molecular flexibility index (Phi) is 4.76. The van der Waals surface area contributed by atoms with E-state index in [4.69, 9.17) is 23.2 Å². The van der Waals surface area contributed by atoms with E-state index in [2.05, 4.69) is 21.4 Å². The van der Waals surface area contributed by atoms with E-state index in [1.807, 2.05) is 0 Å². The first-order valence-corrected chi connectivity index (χ1v) is 8.24. The molecule has 118 valence electrons. The van der Waals surface area contributed by atoms with Crippen molar-refractivity contribution in [3.63, 3.8) is 0 Å². The zero-order valence-corrected chi connectivity index (χ0v) is 14.3. The van der Waals surface area contributed by atoms with Crippen molar-refractivity contribution in [2.75, 3.05) is 5.32 Å². The molecule has 0 saturated carbocycles. The lowest BCUT2D eigenvalue weighted by atomic mass is 10.2. The highest BCUT2D eigenvalue weighted by Crippen LogP contribution is 2.30. The van der Waals surface area contributed by atoms with Crippen LogP contribution in [0.25, 0.3) is 11.4 Å². The predicted octanol–water partition coefficient (Wildman–Crippen LogP) is 4.64. The van der Waals surface area contributed by atoms with Gasteiger partial charge in [0.15, 0.2) is 5.13 Å². The lowest BCUT2D eigenvalue weighted by molar-refractivity contribution is 0.102. The molecule has 8 heteroatoms. The van der Waals surface area contributed by atoms with E-state index in [0.29, 0.717) is 37.0 Å². The molecule has 0 aliphatic carbocycles. The van der Waals surface area contributed by atoms with Crippen molar-refractivity contribution in [3.05, 3.63) is 63.1 Å². The largest absolute Gasteiger partial charge is 0.298 e. The van der Waals surface area contributed by atoms with Crippen molar-refractivity contribution in [3.8, 4) is 17.5 Å². The number of aromatic nitrogens is 2. The summed E-state index contributed by atoms with van der Waals surface area (Å²) in [7, 11) is 0. The average Bonchev–Trinajstić information content (AvgIpc) is 2.97. The van der Waals surface area contributed by atoms with E-state index < -0.39 is 5.91 Å². The molecule has 1 N–H and O–H groups in total. The number of pyridine rings is 1. The minimum Gasteiger partial charge on any atom is -0.298 e. The summed E-state index contributed by atoms with van der Waals surface area (Å²) in [5, 5.41) is 12.9. The number of carbonyl (C=O) groups excluding carboxylic acids is 1. The molecule has 0 aliphatic heterocycles. The summed E-state index contributed by atoms with van der Waals surface area (Å²) in [5.74, 6) is -0.412.